The van der Waals surface area contributed by atoms with Crippen molar-refractivity contribution in [3.8, 4) is 22.8 Å². The smallest absolute Gasteiger partial charge is 0.243 e. The molecule has 0 amide bonds. The van der Waals surface area contributed by atoms with Crippen molar-refractivity contribution in [2.45, 2.75) is 18.2 Å². The minimum atomic E-state index is -3.58. The molecule has 1 saturated heterocycles. The van der Waals surface area contributed by atoms with Gasteiger partial charge in [0.25, 0.3) is 0 Å². The van der Waals surface area contributed by atoms with Gasteiger partial charge < -0.3 is 9.64 Å². The lowest BCUT2D eigenvalue weighted by Gasteiger charge is -2.33. The van der Waals surface area contributed by atoms with E-state index in [1.807, 2.05) is 60.8 Å². The maximum atomic E-state index is 13.2. The van der Waals surface area contributed by atoms with Gasteiger partial charge in [-0.2, -0.15) is 8.68 Å². The number of ether oxygens (including phenoxy) is 1. The quantitative estimate of drug-likeness (QED) is 0.241. The molecule has 3 heterocycles. The summed E-state index contributed by atoms with van der Waals surface area (Å²) < 4.78 is 42.3. The molecule has 0 aliphatic carbocycles. The van der Waals surface area contributed by atoms with Crippen LogP contribution >= 0.6 is 23.1 Å². The van der Waals surface area contributed by atoms with Crippen LogP contribution in [0.15, 0.2) is 83.1 Å². The van der Waals surface area contributed by atoms with Gasteiger partial charge in [-0.05, 0) is 60.4 Å². The van der Waals surface area contributed by atoms with Crippen LogP contribution in [0.3, 0.4) is 0 Å². The number of anilines is 1. The minimum absolute atomic E-state index is 0.279. The van der Waals surface area contributed by atoms with Gasteiger partial charge in [0.05, 0.1) is 4.90 Å². The summed E-state index contributed by atoms with van der Waals surface area (Å²) in [4.78, 5) is 7.11. The fraction of sp³-hybridized carbons (Fsp3) is 0.214. The molecule has 0 atom stereocenters. The van der Waals surface area contributed by atoms with Crippen molar-refractivity contribution in [1.29, 1.82) is 0 Å². The number of hydrogen-bond acceptors (Lipinski definition) is 10. The van der Waals surface area contributed by atoms with Crippen LogP contribution in [0.4, 0.5) is 5.13 Å². The third-order valence-electron chi connectivity index (χ3n) is 6.66. The second-order valence-corrected chi connectivity index (χ2v) is 12.7. The summed E-state index contributed by atoms with van der Waals surface area (Å²) in [5.74, 6) is 2.33. The van der Waals surface area contributed by atoms with Gasteiger partial charge in [0.1, 0.15) is 23.0 Å². The first-order chi connectivity index (χ1) is 19.4. The normalized spacial score (nSPS) is 14.4. The van der Waals surface area contributed by atoms with Crippen LogP contribution in [0, 0.1) is 6.92 Å². The molecule has 0 unspecified atom stereocenters. The molecule has 1 aliphatic rings. The van der Waals surface area contributed by atoms with Crippen molar-refractivity contribution in [2.75, 3.05) is 31.1 Å². The fourth-order valence-corrected chi connectivity index (χ4v) is 7.03. The first-order valence-corrected chi connectivity index (χ1v) is 15.8. The van der Waals surface area contributed by atoms with Gasteiger partial charge in [-0.1, -0.05) is 46.4 Å². The Hall–Kier alpha value is -3.71. The van der Waals surface area contributed by atoms with Crippen molar-refractivity contribution in [1.82, 2.24) is 23.2 Å². The summed E-state index contributed by atoms with van der Waals surface area (Å²) in [7, 11) is -3.58. The Bertz CT molecular complexity index is 1660. The van der Waals surface area contributed by atoms with E-state index < -0.39 is 10.0 Å². The van der Waals surface area contributed by atoms with Crippen molar-refractivity contribution in [3.63, 3.8) is 0 Å². The molecular weight excluding hydrogens is 565 g/mol. The van der Waals surface area contributed by atoms with Gasteiger partial charge >= 0.3 is 0 Å². The van der Waals surface area contributed by atoms with Gasteiger partial charge in [0.2, 0.25) is 15.2 Å². The molecule has 2 aromatic heterocycles. The van der Waals surface area contributed by atoms with E-state index in [2.05, 4.69) is 18.9 Å². The van der Waals surface area contributed by atoms with Gasteiger partial charge in [-0.25, -0.2) is 13.4 Å². The molecule has 0 spiro atoms. The molecule has 0 N–H and O–H groups in total. The molecule has 12 heteroatoms. The number of benzene rings is 3. The molecule has 1 fully saturated rings. The van der Waals surface area contributed by atoms with Crippen LogP contribution in [-0.4, -0.2) is 57.8 Å². The van der Waals surface area contributed by atoms with E-state index in [0.717, 1.165) is 39.3 Å². The number of rotatable bonds is 8. The predicted molar refractivity (Wildman–Crippen MR) is 157 cm³/mol. The number of aryl methyl sites for hydroxylation is 1. The summed E-state index contributed by atoms with van der Waals surface area (Å²) in [5.41, 5.74) is 3.87. The lowest BCUT2D eigenvalue weighted by atomic mass is 10.1. The van der Waals surface area contributed by atoms with Crippen LogP contribution < -0.4 is 9.64 Å². The van der Waals surface area contributed by atoms with Crippen LogP contribution in [0.25, 0.3) is 11.3 Å². The van der Waals surface area contributed by atoms with Crippen LogP contribution in [0.5, 0.6) is 11.5 Å². The first-order valence-electron chi connectivity index (χ1n) is 12.7. The molecule has 9 nitrogen and oxygen atoms in total. The molecular formula is C28H26N6O3S3. The summed E-state index contributed by atoms with van der Waals surface area (Å²) in [6.07, 6.45) is 0.614. The van der Waals surface area contributed by atoms with Crippen LogP contribution in [-0.2, 0) is 16.4 Å². The Morgan fingerprint density at radius 1 is 0.875 bits per heavy atom. The Morgan fingerprint density at radius 2 is 1.55 bits per heavy atom. The molecule has 204 valence electrons. The highest BCUT2D eigenvalue weighted by Crippen LogP contribution is 2.26. The van der Waals surface area contributed by atoms with E-state index in [4.69, 9.17) is 9.72 Å². The predicted octanol–water partition coefficient (Wildman–Crippen LogP) is 5.26. The molecule has 1 aliphatic heterocycles. The molecule has 0 saturated carbocycles. The van der Waals surface area contributed by atoms with Crippen molar-refractivity contribution >= 4 is 38.2 Å². The maximum Gasteiger partial charge on any atom is 0.243 e. The van der Waals surface area contributed by atoms with Gasteiger partial charge in [-0.3, -0.25) is 0 Å². The lowest BCUT2D eigenvalue weighted by molar-refractivity contribution is 0.384. The number of hydrogen-bond donors (Lipinski definition) is 0. The highest BCUT2D eigenvalue weighted by molar-refractivity contribution is 7.89. The van der Waals surface area contributed by atoms with E-state index in [1.165, 1.54) is 32.9 Å². The van der Waals surface area contributed by atoms with Gasteiger partial charge in [0, 0.05) is 55.1 Å². The summed E-state index contributed by atoms with van der Waals surface area (Å²) >= 11 is 2.61. The Morgan fingerprint density at radius 3 is 2.20 bits per heavy atom. The van der Waals surface area contributed by atoms with Crippen molar-refractivity contribution < 1.29 is 13.2 Å². The summed E-state index contributed by atoms with van der Waals surface area (Å²) in [6, 6.07) is 22.7. The zero-order chi connectivity index (χ0) is 27.5. The zero-order valence-electron chi connectivity index (χ0n) is 21.7. The van der Waals surface area contributed by atoms with E-state index >= 15 is 0 Å². The summed E-state index contributed by atoms with van der Waals surface area (Å²) in [5, 5.41) is 6.68. The lowest BCUT2D eigenvalue weighted by Crippen LogP contribution is -2.48. The molecule has 3 aromatic carbocycles. The molecule has 5 aromatic rings. The number of sulfonamides is 1. The Balaban J connectivity index is 1.04. The average Bonchev–Trinajstić information content (AvgIpc) is 3.69. The number of piperazine rings is 1. The van der Waals surface area contributed by atoms with Crippen molar-refractivity contribution in [3.05, 3.63) is 95.1 Å². The highest BCUT2D eigenvalue weighted by atomic mass is 32.2. The van der Waals surface area contributed by atoms with E-state index in [1.54, 1.807) is 24.3 Å². The first kappa shape index (κ1) is 26.5. The molecule has 40 heavy (non-hydrogen) atoms. The Labute approximate surface area is 241 Å². The fourth-order valence-electron chi connectivity index (χ4n) is 4.40. The third-order valence-corrected chi connectivity index (χ3v) is 9.89. The minimum Gasteiger partial charge on any atom is -0.457 e. The second kappa shape index (κ2) is 11.4. The Kier molecular flexibility index (Phi) is 7.57. The van der Waals surface area contributed by atoms with Crippen LogP contribution in [0.2, 0.25) is 0 Å². The van der Waals surface area contributed by atoms with E-state index in [0.29, 0.717) is 32.6 Å². The molecule has 0 bridgehead atoms. The summed E-state index contributed by atoms with van der Waals surface area (Å²) in [6.45, 7) is 3.93. The number of aromatic nitrogens is 4. The third kappa shape index (κ3) is 5.89. The van der Waals surface area contributed by atoms with Crippen molar-refractivity contribution in [2.24, 2.45) is 0 Å². The standard InChI is InChI=1S/C28H26N6O3S3/c1-20-2-8-23(9-3-20)37-24-10-4-21(5-11-24)18-27-29-28(39-31-27)33-14-16-34(17-15-33)40(35,36)25-12-6-22(7-13-25)26-19-38-32-30-26/h2-13,19H,14-18H2,1H3. The second-order valence-electron chi connectivity index (χ2n) is 9.43. The largest absolute Gasteiger partial charge is 0.457 e. The van der Waals surface area contributed by atoms with Crippen LogP contribution in [0.1, 0.15) is 17.0 Å². The number of nitrogens with zero attached hydrogens (tertiary/aromatic N) is 6. The maximum absolute atomic E-state index is 13.2. The molecule has 0 radical (unpaired) electrons. The SMILES string of the molecule is Cc1ccc(Oc2ccc(Cc3nsc(N4CCN(S(=O)(=O)c5ccc(-c6csnn6)cc5)CC4)n3)cc2)cc1. The van der Waals surface area contributed by atoms with Gasteiger partial charge in [-0.15, -0.1) is 5.10 Å². The highest BCUT2D eigenvalue weighted by Gasteiger charge is 2.29. The topological polar surface area (TPSA) is 101 Å². The monoisotopic (exact) mass is 590 g/mol. The zero-order valence-corrected chi connectivity index (χ0v) is 24.1. The van der Waals surface area contributed by atoms with Gasteiger partial charge in [0.15, 0.2) is 0 Å². The van der Waals surface area contributed by atoms with E-state index in [-0.39, 0.29) is 4.90 Å². The average molecular weight is 591 g/mol. The molecule has 6 rings (SSSR count). The van der Waals surface area contributed by atoms with E-state index in [9.17, 15) is 8.42 Å².